The van der Waals surface area contributed by atoms with E-state index in [4.69, 9.17) is 0 Å². The van der Waals surface area contributed by atoms with Crippen molar-refractivity contribution < 1.29 is 0 Å². The first-order chi connectivity index (χ1) is 6.88. The number of hydrogen-bond donors (Lipinski definition) is 0. The lowest BCUT2D eigenvalue weighted by Gasteiger charge is -1.96. The van der Waals surface area contributed by atoms with E-state index >= 15 is 0 Å². The highest BCUT2D eigenvalue weighted by molar-refractivity contribution is 7.04. The van der Waals surface area contributed by atoms with Crippen LogP contribution in [0.5, 0.6) is 0 Å². The lowest BCUT2D eigenvalue weighted by molar-refractivity contribution is 1.34. The molecule has 0 atom stereocenters. The fourth-order valence-electron chi connectivity index (χ4n) is 1.19. The summed E-state index contributed by atoms with van der Waals surface area (Å²) in [5, 5.41) is 2.09. The van der Waals surface area contributed by atoms with Crippen molar-refractivity contribution in [1.82, 2.24) is 4.37 Å². The Morgan fingerprint density at radius 3 is 2.21 bits per heavy atom. The molecule has 14 heavy (non-hydrogen) atoms. The van der Waals surface area contributed by atoms with Crippen molar-refractivity contribution in [1.29, 1.82) is 0 Å². The lowest BCUT2D eigenvalue weighted by Crippen LogP contribution is -1.76. The summed E-state index contributed by atoms with van der Waals surface area (Å²) < 4.78 is 4.23. The Hall–Kier alpha value is -1.15. The summed E-state index contributed by atoms with van der Waals surface area (Å²) in [6.45, 7) is 6.04. The van der Waals surface area contributed by atoms with Gasteiger partial charge in [0.25, 0.3) is 0 Å². The van der Waals surface area contributed by atoms with Gasteiger partial charge < -0.3 is 0 Å². The van der Waals surface area contributed by atoms with Crippen molar-refractivity contribution >= 4 is 11.5 Å². The van der Waals surface area contributed by atoms with Crippen LogP contribution < -0.4 is 0 Å². The fraction of sp³-hybridized carbons (Fsp3) is 0.250. The number of hydrogen-bond acceptors (Lipinski definition) is 2. The Morgan fingerprint density at radius 2 is 1.71 bits per heavy atom. The van der Waals surface area contributed by atoms with Gasteiger partial charge in [-0.2, -0.15) is 4.37 Å². The zero-order valence-corrected chi connectivity index (χ0v) is 9.64. The molecule has 0 aliphatic rings. The first-order valence-corrected chi connectivity index (χ1v) is 5.68. The third-order valence-electron chi connectivity index (χ3n) is 1.83. The molecule has 74 valence electrons. The van der Waals surface area contributed by atoms with Gasteiger partial charge >= 0.3 is 0 Å². The molecule has 0 radical (unpaired) electrons. The van der Waals surface area contributed by atoms with Gasteiger partial charge in [0.2, 0.25) is 0 Å². The first kappa shape index (κ1) is 10.9. The largest absolute Gasteiger partial charge is 0.197 e. The summed E-state index contributed by atoms with van der Waals surface area (Å²) in [5.41, 5.74) is 3.62. The molecule has 0 spiro atoms. The van der Waals surface area contributed by atoms with Crippen molar-refractivity contribution in [2.75, 3.05) is 0 Å². The van der Waals surface area contributed by atoms with E-state index in [1.54, 1.807) is 0 Å². The van der Waals surface area contributed by atoms with Crippen molar-refractivity contribution in [3.63, 3.8) is 0 Å². The Kier molecular flexibility index (Phi) is 4.33. The summed E-state index contributed by atoms with van der Waals surface area (Å²) in [5.74, 6) is 0. The van der Waals surface area contributed by atoms with Crippen LogP contribution in [0.4, 0.5) is 0 Å². The van der Waals surface area contributed by atoms with E-state index < -0.39 is 0 Å². The van der Waals surface area contributed by atoms with Crippen LogP contribution in [-0.2, 0) is 0 Å². The Balaban J connectivity index is 0.000000461. The maximum atomic E-state index is 4.23. The normalized spacial score (nSPS) is 9.07. The minimum Gasteiger partial charge on any atom is -0.197 e. The molecule has 0 N–H and O–H groups in total. The number of nitrogens with zero attached hydrogens (tertiary/aromatic N) is 1. The van der Waals surface area contributed by atoms with E-state index in [0.717, 1.165) is 5.69 Å². The van der Waals surface area contributed by atoms with E-state index in [2.05, 4.69) is 21.9 Å². The number of benzene rings is 1. The van der Waals surface area contributed by atoms with E-state index in [0.29, 0.717) is 0 Å². The molecule has 2 heteroatoms. The third kappa shape index (κ3) is 2.42. The average Bonchev–Trinajstić information content (AvgIpc) is 2.69. The summed E-state index contributed by atoms with van der Waals surface area (Å²) in [6.07, 6.45) is 0. The predicted molar refractivity (Wildman–Crippen MR) is 63.6 cm³/mol. The smallest absolute Gasteiger partial charge is 0.0589 e. The van der Waals surface area contributed by atoms with Crippen molar-refractivity contribution in [3.05, 3.63) is 41.4 Å². The second-order valence-corrected chi connectivity index (χ2v) is 3.31. The van der Waals surface area contributed by atoms with Gasteiger partial charge in [-0.25, -0.2) is 0 Å². The van der Waals surface area contributed by atoms with Gasteiger partial charge in [-0.05, 0) is 24.0 Å². The summed E-state index contributed by atoms with van der Waals surface area (Å²) in [4.78, 5) is 0. The second-order valence-electron chi connectivity index (χ2n) is 2.68. The zero-order valence-electron chi connectivity index (χ0n) is 8.82. The van der Waals surface area contributed by atoms with Gasteiger partial charge in [-0.15, -0.1) is 0 Å². The van der Waals surface area contributed by atoms with Crippen LogP contribution in [0, 0.1) is 6.92 Å². The molecule has 1 aromatic carbocycles. The molecule has 0 aliphatic carbocycles. The fourth-order valence-corrected chi connectivity index (χ4v) is 1.91. The molecule has 0 fully saturated rings. The summed E-state index contributed by atoms with van der Waals surface area (Å²) in [6, 6.07) is 10.3. The average molecular weight is 205 g/mol. The summed E-state index contributed by atoms with van der Waals surface area (Å²) in [7, 11) is 0. The van der Waals surface area contributed by atoms with Gasteiger partial charge in [0.15, 0.2) is 0 Å². The van der Waals surface area contributed by atoms with E-state index in [1.807, 2.05) is 39.0 Å². The highest BCUT2D eigenvalue weighted by Crippen LogP contribution is 2.23. The van der Waals surface area contributed by atoms with Crippen LogP contribution in [0.3, 0.4) is 0 Å². The van der Waals surface area contributed by atoms with Gasteiger partial charge in [0.05, 0.1) is 5.69 Å². The third-order valence-corrected chi connectivity index (χ3v) is 2.56. The van der Waals surface area contributed by atoms with Crippen molar-refractivity contribution in [2.24, 2.45) is 0 Å². The minimum absolute atomic E-state index is 1.12. The maximum Gasteiger partial charge on any atom is 0.0589 e. The van der Waals surface area contributed by atoms with E-state index in [-0.39, 0.29) is 0 Å². The highest BCUT2D eigenvalue weighted by Gasteiger charge is 2.01. The SMILES string of the molecule is CC.Cc1nscc1-c1ccccc1. The van der Waals surface area contributed by atoms with E-state index in [9.17, 15) is 0 Å². The van der Waals surface area contributed by atoms with Crippen LogP contribution in [0.15, 0.2) is 35.7 Å². The number of aromatic nitrogens is 1. The molecule has 2 rings (SSSR count). The van der Waals surface area contributed by atoms with E-state index in [1.165, 1.54) is 22.7 Å². The second kappa shape index (κ2) is 5.55. The Bertz CT molecular complexity index is 365. The molecule has 0 saturated carbocycles. The Morgan fingerprint density at radius 1 is 1.07 bits per heavy atom. The molecule has 0 amide bonds. The van der Waals surface area contributed by atoms with Crippen LogP contribution in [0.2, 0.25) is 0 Å². The molecule has 0 unspecified atom stereocenters. The quantitative estimate of drug-likeness (QED) is 0.681. The van der Waals surface area contributed by atoms with Crippen LogP contribution >= 0.6 is 11.5 Å². The van der Waals surface area contributed by atoms with Gasteiger partial charge in [0.1, 0.15) is 0 Å². The van der Waals surface area contributed by atoms with Crippen molar-refractivity contribution in [2.45, 2.75) is 20.8 Å². The topological polar surface area (TPSA) is 12.9 Å². The first-order valence-electron chi connectivity index (χ1n) is 4.84. The molecule has 0 saturated heterocycles. The van der Waals surface area contributed by atoms with Crippen LogP contribution in [0.25, 0.3) is 11.1 Å². The van der Waals surface area contributed by atoms with Crippen LogP contribution in [0.1, 0.15) is 19.5 Å². The standard InChI is InChI=1S/C10H9NS.C2H6/c1-8-10(7-12-11-8)9-5-3-2-4-6-9;1-2/h2-7H,1H3;1-2H3. The molecule has 2 aromatic rings. The molecule has 0 bridgehead atoms. The van der Waals surface area contributed by atoms with Gasteiger partial charge in [-0.1, -0.05) is 44.2 Å². The van der Waals surface area contributed by atoms with Gasteiger partial charge in [0, 0.05) is 10.9 Å². The summed E-state index contributed by atoms with van der Waals surface area (Å²) >= 11 is 1.51. The molecule has 1 aromatic heterocycles. The highest BCUT2D eigenvalue weighted by atomic mass is 32.1. The molecule has 0 aliphatic heterocycles. The molecule has 1 heterocycles. The minimum atomic E-state index is 1.12. The van der Waals surface area contributed by atoms with Gasteiger partial charge in [-0.3, -0.25) is 0 Å². The molecular weight excluding hydrogens is 190 g/mol. The number of rotatable bonds is 1. The maximum absolute atomic E-state index is 4.23. The molecule has 1 nitrogen and oxygen atoms in total. The van der Waals surface area contributed by atoms with Crippen molar-refractivity contribution in [3.8, 4) is 11.1 Å². The monoisotopic (exact) mass is 205 g/mol. The van der Waals surface area contributed by atoms with Crippen LogP contribution in [-0.4, -0.2) is 4.37 Å². The lowest BCUT2D eigenvalue weighted by atomic mass is 10.1. The predicted octanol–water partition coefficient (Wildman–Crippen LogP) is 4.14. The Labute approximate surface area is 89.6 Å². The molecular formula is C12H15NS. The number of aryl methyl sites for hydroxylation is 1. The zero-order chi connectivity index (χ0) is 10.4.